The highest BCUT2D eigenvalue weighted by molar-refractivity contribution is 7.80. The second-order valence-corrected chi connectivity index (χ2v) is 3.44. The molecule has 0 aliphatic rings. The number of phenolic OH excluding ortho intramolecular Hbond substituents is 2. The zero-order valence-corrected chi connectivity index (χ0v) is 8.92. The molecular formula is C10H14O3S. The Labute approximate surface area is 88.7 Å². The number of phenols is 2. The average molecular weight is 214 g/mol. The summed E-state index contributed by atoms with van der Waals surface area (Å²) in [6.45, 7) is 0. The molecule has 3 nitrogen and oxygen atoms in total. The van der Waals surface area contributed by atoms with Crippen molar-refractivity contribution in [1.82, 2.24) is 0 Å². The number of aromatic hydroxyl groups is 2. The molecule has 0 amide bonds. The summed E-state index contributed by atoms with van der Waals surface area (Å²) in [6.07, 6.45) is 1.74. The van der Waals surface area contributed by atoms with Crippen LogP contribution in [0.1, 0.15) is 12.0 Å². The zero-order valence-electron chi connectivity index (χ0n) is 8.03. The first kappa shape index (κ1) is 11.0. The van der Waals surface area contributed by atoms with Gasteiger partial charge in [-0.25, -0.2) is 0 Å². The first-order valence-electron chi connectivity index (χ1n) is 4.38. The van der Waals surface area contributed by atoms with E-state index < -0.39 is 0 Å². The molecule has 0 fully saturated rings. The summed E-state index contributed by atoms with van der Waals surface area (Å²) < 4.78 is 4.92. The first-order valence-corrected chi connectivity index (χ1v) is 5.02. The predicted octanol–water partition coefficient (Wildman–Crippen LogP) is 1.97. The molecule has 0 aromatic heterocycles. The molecule has 0 spiro atoms. The Morgan fingerprint density at radius 1 is 1.36 bits per heavy atom. The Balaban J connectivity index is 2.91. The van der Waals surface area contributed by atoms with Crippen LogP contribution in [0.25, 0.3) is 0 Å². The van der Waals surface area contributed by atoms with E-state index in [1.165, 1.54) is 7.11 Å². The summed E-state index contributed by atoms with van der Waals surface area (Å²) in [5.41, 5.74) is 0.936. The van der Waals surface area contributed by atoms with Gasteiger partial charge in [0.15, 0.2) is 11.5 Å². The molecule has 1 rings (SSSR count). The standard InChI is InChI=1S/C10H14O3S/c1-13-9-6-7(3-2-4-14)5-8(11)10(9)12/h5-6,11-12,14H,2-4H2,1H3. The van der Waals surface area contributed by atoms with E-state index in [0.29, 0.717) is 5.75 Å². The lowest BCUT2D eigenvalue weighted by molar-refractivity contribution is 0.350. The molecule has 14 heavy (non-hydrogen) atoms. The molecule has 0 unspecified atom stereocenters. The fourth-order valence-corrected chi connectivity index (χ4v) is 1.39. The van der Waals surface area contributed by atoms with E-state index in [2.05, 4.69) is 12.6 Å². The number of hydrogen-bond donors (Lipinski definition) is 3. The van der Waals surface area contributed by atoms with Gasteiger partial charge in [0.25, 0.3) is 0 Å². The minimum absolute atomic E-state index is 0.140. The van der Waals surface area contributed by atoms with Crippen molar-refractivity contribution in [2.75, 3.05) is 12.9 Å². The third-order valence-corrected chi connectivity index (χ3v) is 2.27. The molecule has 0 atom stereocenters. The van der Waals surface area contributed by atoms with Crippen LogP contribution in [0.4, 0.5) is 0 Å². The summed E-state index contributed by atoms with van der Waals surface area (Å²) in [5, 5.41) is 18.7. The van der Waals surface area contributed by atoms with Crippen LogP contribution in [0.15, 0.2) is 12.1 Å². The molecular weight excluding hydrogens is 200 g/mol. The molecule has 0 bridgehead atoms. The number of thiol groups is 1. The van der Waals surface area contributed by atoms with Gasteiger partial charge in [-0.1, -0.05) is 0 Å². The van der Waals surface area contributed by atoms with Crippen molar-refractivity contribution in [2.45, 2.75) is 12.8 Å². The summed E-state index contributed by atoms with van der Waals surface area (Å²) in [4.78, 5) is 0. The molecule has 0 heterocycles. The topological polar surface area (TPSA) is 49.7 Å². The number of aryl methyl sites for hydroxylation is 1. The number of methoxy groups -OCH3 is 1. The quantitative estimate of drug-likeness (QED) is 0.530. The van der Waals surface area contributed by atoms with E-state index in [1.54, 1.807) is 12.1 Å². The van der Waals surface area contributed by atoms with Gasteiger partial charge in [-0.2, -0.15) is 12.6 Å². The molecule has 0 radical (unpaired) electrons. The van der Waals surface area contributed by atoms with Crippen molar-refractivity contribution in [3.8, 4) is 17.2 Å². The number of rotatable bonds is 4. The van der Waals surface area contributed by atoms with E-state index in [-0.39, 0.29) is 11.5 Å². The van der Waals surface area contributed by atoms with Gasteiger partial charge in [-0.05, 0) is 36.3 Å². The highest BCUT2D eigenvalue weighted by atomic mass is 32.1. The van der Waals surface area contributed by atoms with Crippen LogP contribution < -0.4 is 4.74 Å². The Bertz CT molecular complexity index is 312. The second kappa shape index (κ2) is 5.00. The number of hydrogen-bond acceptors (Lipinski definition) is 4. The van der Waals surface area contributed by atoms with E-state index in [9.17, 15) is 10.2 Å². The summed E-state index contributed by atoms with van der Waals surface area (Å²) in [7, 11) is 1.46. The Hall–Kier alpha value is -1.03. The maximum absolute atomic E-state index is 9.36. The third kappa shape index (κ3) is 2.48. The molecule has 1 aromatic carbocycles. The van der Waals surface area contributed by atoms with Gasteiger partial charge in [-0.3, -0.25) is 0 Å². The Kier molecular flexibility index (Phi) is 3.95. The molecule has 1 aromatic rings. The third-order valence-electron chi connectivity index (χ3n) is 1.96. The van der Waals surface area contributed by atoms with Gasteiger partial charge in [0.2, 0.25) is 5.75 Å². The molecule has 2 N–H and O–H groups in total. The van der Waals surface area contributed by atoms with Gasteiger partial charge in [0, 0.05) is 0 Å². The summed E-state index contributed by atoms with van der Waals surface area (Å²) in [5.74, 6) is 0.754. The van der Waals surface area contributed by atoms with Crippen LogP contribution in [0.5, 0.6) is 17.2 Å². The van der Waals surface area contributed by atoms with Crippen LogP contribution in [-0.2, 0) is 6.42 Å². The summed E-state index contributed by atoms with van der Waals surface area (Å²) in [6, 6.07) is 3.26. The average Bonchev–Trinajstić information content (AvgIpc) is 2.19. The molecule has 0 saturated heterocycles. The zero-order chi connectivity index (χ0) is 10.6. The highest BCUT2D eigenvalue weighted by Gasteiger charge is 2.08. The molecule has 0 aliphatic carbocycles. The normalized spacial score (nSPS) is 10.1. The van der Waals surface area contributed by atoms with Gasteiger partial charge >= 0.3 is 0 Å². The molecule has 0 saturated carbocycles. The van der Waals surface area contributed by atoms with Crippen molar-refractivity contribution < 1.29 is 14.9 Å². The van der Waals surface area contributed by atoms with Crippen molar-refractivity contribution in [3.63, 3.8) is 0 Å². The van der Waals surface area contributed by atoms with E-state index in [0.717, 1.165) is 24.2 Å². The van der Waals surface area contributed by atoms with Crippen molar-refractivity contribution in [2.24, 2.45) is 0 Å². The van der Waals surface area contributed by atoms with Crippen LogP contribution >= 0.6 is 12.6 Å². The molecule has 78 valence electrons. The van der Waals surface area contributed by atoms with Gasteiger partial charge < -0.3 is 14.9 Å². The van der Waals surface area contributed by atoms with Crippen LogP contribution in [0.2, 0.25) is 0 Å². The fourth-order valence-electron chi connectivity index (χ4n) is 1.23. The predicted molar refractivity (Wildman–Crippen MR) is 58.5 cm³/mol. The SMILES string of the molecule is COc1cc(CCCS)cc(O)c1O. The fraction of sp³-hybridized carbons (Fsp3) is 0.400. The van der Waals surface area contributed by atoms with Gasteiger partial charge in [0.05, 0.1) is 7.11 Å². The maximum atomic E-state index is 9.36. The van der Waals surface area contributed by atoms with Crippen LogP contribution in [0, 0.1) is 0 Å². The van der Waals surface area contributed by atoms with Gasteiger partial charge in [0.1, 0.15) is 0 Å². The number of benzene rings is 1. The maximum Gasteiger partial charge on any atom is 0.200 e. The van der Waals surface area contributed by atoms with Crippen LogP contribution in [-0.4, -0.2) is 23.1 Å². The van der Waals surface area contributed by atoms with Crippen molar-refractivity contribution in [3.05, 3.63) is 17.7 Å². The summed E-state index contributed by atoms with van der Waals surface area (Å²) >= 11 is 4.10. The smallest absolute Gasteiger partial charge is 0.200 e. The van der Waals surface area contributed by atoms with E-state index >= 15 is 0 Å². The molecule has 0 aliphatic heterocycles. The second-order valence-electron chi connectivity index (χ2n) is 2.99. The lowest BCUT2D eigenvalue weighted by atomic mass is 10.1. The molecule has 4 heteroatoms. The van der Waals surface area contributed by atoms with Gasteiger partial charge in [-0.15, -0.1) is 0 Å². The van der Waals surface area contributed by atoms with E-state index in [1.807, 2.05) is 0 Å². The number of ether oxygens (including phenoxy) is 1. The minimum Gasteiger partial charge on any atom is -0.504 e. The van der Waals surface area contributed by atoms with Crippen LogP contribution in [0.3, 0.4) is 0 Å². The van der Waals surface area contributed by atoms with E-state index in [4.69, 9.17) is 4.74 Å². The largest absolute Gasteiger partial charge is 0.504 e. The van der Waals surface area contributed by atoms with Crippen molar-refractivity contribution >= 4 is 12.6 Å². The highest BCUT2D eigenvalue weighted by Crippen LogP contribution is 2.36. The van der Waals surface area contributed by atoms with Crippen molar-refractivity contribution in [1.29, 1.82) is 0 Å². The minimum atomic E-state index is -0.206. The lowest BCUT2D eigenvalue weighted by Crippen LogP contribution is -1.90. The lowest BCUT2D eigenvalue weighted by Gasteiger charge is -2.08. The Morgan fingerprint density at radius 3 is 2.64 bits per heavy atom. The first-order chi connectivity index (χ1) is 6.69. The monoisotopic (exact) mass is 214 g/mol. The Morgan fingerprint density at radius 2 is 2.07 bits per heavy atom.